The lowest BCUT2D eigenvalue weighted by Gasteiger charge is -2.03. The number of nitrogens with zero attached hydrogens (tertiary/aromatic N) is 2. The summed E-state index contributed by atoms with van der Waals surface area (Å²) in [5, 5.41) is 16.9. The van der Waals surface area contributed by atoms with E-state index in [0.29, 0.717) is 0 Å². The van der Waals surface area contributed by atoms with Crippen LogP contribution in [0.2, 0.25) is 0 Å². The Morgan fingerprint density at radius 2 is 1.08 bits per heavy atom. The summed E-state index contributed by atoms with van der Waals surface area (Å²) in [4.78, 5) is 0. The summed E-state index contributed by atoms with van der Waals surface area (Å²) >= 11 is 1.58. The molecule has 0 spiro atoms. The Bertz CT molecular complexity index is 666. The summed E-state index contributed by atoms with van der Waals surface area (Å²) in [6.07, 6.45) is 4.33. The van der Waals surface area contributed by atoms with Crippen molar-refractivity contribution in [2.45, 2.75) is 25.7 Å². The van der Waals surface area contributed by atoms with Crippen molar-refractivity contribution >= 4 is 21.6 Å². The lowest BCUT2D eigenvalue weighted by Crippen LogP contribution is -2.02. The van der Waals surface area contributed by atoms with Crippen LogP contribution in [0.5, 0.6) is 0 Å². The molecule has 0 radical (unpaired) electrons. The molecule has 0 aliphatic heterocycles. The average Bonchev–Trinajstić information content (AvgIpc) is 3.12. The lowest BCUT2D eigenvalue weighted by molar-refractivity contribution is 0.854. The highest BCUT2D eigenvalue weighted by Crippen LogP contribution is 2.20. The van der Waals surface area contributed by atoms with E-state index in [1.165, 1.54) is 11.1 Å². The molecular formula is C20H24N4S. The molecule has 25 heavy (non-hydrogen) atoms. The molecular weight excluding hydrogens is 328 g/mol. The van der Waals surface area contributed by atoms with Gasteiger partial charge in [-0.1, -0.05) is 72.0 Å². The zero-order chi connectivity index (χ0) is 17.2. The van der Waals surface area contributed by atoms with Gasteiger partial charge in [-0.25, -0.2) is 0 Å². The first-order valence-corrected chi connectivity index (χ1v) is 9.61. The minimum absolute atomic E-state index is 0.888. The van der Waals surface area contributed by atoms with Gasteiger partial charge in [-0.2, -0.15) is 0 Å². The van der Waals surface area contributed by atoms with Crippen molar-refractivity contribution in [3.05, 3.63) is 71.8 Å². The first-order chi connectivity index (χ1) is 12.4. The number of hydrogen-bond acceptors (Lipinski definition) is 5. The van der Waals surface area contributed by atoms with Crippen LogP contribution in [0, 0.1) is 0 Å². The van der Waals surface area contributed by atoms with E-state index in [-0.39, 0.29) is 0 Å². The molecule has 5 heteroatoms. The van der Waals surface area contributed by atoms with E-state index in [4.69, 9.17) is 0 Å². The van der Waals surface area contributed by atoms with Gasteiger partial charge in [0.15, 0.2) is 0 Å². The normalized spacial score (nSPS) is 10.6. The fourth-order valence-corrected chi connectivity index (χ4v) is 3.33. The highest BCUT2D eigenvalue weighted by Gasteiger charge is 2.03. The van der Waals surface area contributed by atoms with Gasteiger partial charge in [-0.15, -0.1) is 10.2 Å². The highest BCUT2D eigenvalue weighted by atomic mass is 32.1. The van der Waals surface area contributed by atoms with Crippen LogP contribution >= 0.6 is 11.3 Å². The van der Waals surface area contributed by atoms with Crippen molar-refractivity contribution in [2.75, 3.05) is 23.7 Å². The summed E-state index contributed by atoms with van der Waals surface area (Å²) in [6, 6.07) is 21.1. The maximum Gasteiger partial charge on any atom is 0.207 e. The second-order valence-corrected chi connectivity index (χ2v) is 6.92. The van der Waals surface area contributed by atoms with E-state index in [1.54, 1.807) is 11.3 Å². The van der Waals surface area contributed by atoms with E-state index < -0.39 is 0 Å². The minimum atomic E-state index is 0.888. The van der Waals surface area contributed by atoms with Crippen LogP contribution in [-0.4, -0.2) is 23.3 Å². The molecule has 130 valence electrons. The predicted octanol–water partition coefficient (Wildman–Crippen LogP) is 4.63. The van der Waals surface area contributed by atoms with Crippen LogP contribution in [0.4, 0.5) is 10.3 Å². The van der Waals surface area contributed by atoms with Crippen molar-refractivity contribution < 1.29 is 0 Å². The van der Waals surface area contributed by atoms with Gasteiger partial charge in [0.2, 0.25) is 10.3 Å². The SMILES string of the molecule is c1ccc(CCCNc2nnc(NCCCc3ccccc3)s2)cc1. The summed E-state index contributed by atoms with van der Waals surface area (Å²) in [5.41, 5.74) is 2.75. The Morgan fingerprint density at radius 1 is 0.640 bits per heavy atom. The molecule has 3 rings (SSSR count). The van der Waals surface area contributed by atoms with E-state index in [2.05, 4.69) is 81.5 Å². The first kappa shape index (κ1) is 17.4. The zero-order valence-electron chi connectivity index (χ0n) is 14.3. The van der Waals surface area contributed by atoms with Gasteiger partial charge in [0, 0.05) is 13.1 Å². The van der Waals surface area contributed by atoms with Gasteiger partial charge in [0.1, 0.15) is 0 Å². The van der Waals surface area contributed by atoms with Crippen molar-refractivity contribution in [1.82, 2.24) is 10.2 Å². The molecule has 2 aromatic carbocycles. The van der Waals surface area contributed by atoms with Crippen LogP contribution in [0.1, 0.15) is 24.0 Å². The number of nitrogens with one attached hydrogen (secondary N) is 2. The molecule has 0 unspecified atom stereocenters. The smallest absolute Gasteiger partial charge is 0.207 e. The Kier molecular flexibility index (Phi) is 6.82. The molecule has 1 aromatic heterocycles. The molecule has 2 N–H and O–H groups in total. The Hall–Kier alpha value is -2.40. The Balaban J connectivity index is 1.30. The monoisotopic (exact) mass is 352 g/mol. The lowest BCUT2D eigenvalue weighted by atomic mass is 10.1. The molecule has 0 aliphatic rings. The van der Waals surface area contributed by atoms with Crippen molar-refractivity contribution in [1.29, 1.82) is 0 Å². The molecule has 1 heterocycles. The number of rotatable bonds is 10. The molecule has 0 bridgehead atoms. The summed E-state index contributed by atoms with van der Waals surface area (Å²) in [5.74, 6) is 0. The van der Waals surface area contributed by atoms with E-state index in [0.717, 1.165) is 49.0 Å². The molecule has 0 fully saturated rings. The van der Waals surface area contributed by atoms with Crippen molar-refractivity contribution in [3.8, 4) is 0 Å². The molecule has 0 saturated carbocycles. The van der Waals surface area contributed by atoms with Crippen LogP contribution in [0.3, 0.4) is 0 Å². The standard InChI is InChI=1S/C20H24N4S/c1-3-9-17(10-4-1)13-7-15-21-19-23-24-20(25-19)22-16-8-14-18-11-5-2-6-12-18/h1-6,9-12H,7-8,13-16H2,(H,21,23)(H,22,24). The van der Waals surface area contributed by atoms with Gasteiger partial charge >= 0.3 is 0 Å². The second-order valence-electron chi connectivity index (χ2n) is 5.94. The molecule has 3 aromatic rings. The van der Waals surface area contributed by atoms with Crippen LogP contribution in [0.15, 0.2) is 60.7 Å². The third kappa shape index (κ3) is 6.19. The summed E-state index contributed by atoms with van der Waals surface area (Å²) in [7, 11) is 0. The summed E-state index contributed by atoms with van der Waals surface area (Å²) < 4.78 is 0. The quantitative estimate of drug-likeness (QED) is 0.522. The Morgan fingerprint density at radius 3 is 1.52 bits per heavy atom. The average molecular weight is 353 g/mol. The van der Waals surface area contributed by atoms with Gasteiger partial charge in [0.25, 0.3) is 0 Å². The van der Waals surface area contributed by atoms with Gasteiger partial charge < -0.3 is 10.6 Å². The molecule has 0 atom stereocenters. The summed E-state index contributed by atoms with van der Waals surface area (Å²) in [6.45, 7) is 1.83. The van der Waals surface area contributed by atoms with Gasteiger partial charge in [-0.3, -0.25) is 0 Å². The molecule has 0 aliphatic carbocycles. The highest BCUT2D eigenvalue weighted by molar-refractivity contribution is 7.19. The number of benzene rings is 2. The molecule has 4 nitrogen and oxygen atoms in total. The van der Waals surface area contributed by atoms with Crippen LogP contribution in [-0.2, 0) is 12.8 Å². The van der Waals surface area contributed by atoms with Gasteiger partial charge in [0.05, 0.1) is 0 Å². The van der Waals surface area contributed by atoms with Crippen molar-refractivity contribution in [2.24, 2.45) is 0 Å². The Labute approximate surface area is 153 Å². The van der Waals surface area contributed by atoms with E-state index in [9.17, 15) is 0 Å². The van der Waals surface area contributed by atoms with Crippen LogP contribution < -0.4 is 10.6 Å². The maximum absolute atomic E-state index is 4.19. The topological polar surface area (TPSA) is 49.8 Å². The predicted molar refractivity (Wildman–Crippen MR) is 106 cm³/mol. The fourth-order valence-electron chi connectivity index (χ4n) is 2.63. The number of hydrogen-bond donors (Lipinski definition) is 2. The third-order valence-electron chi connectivity index (χ3n) is 3.95. The first-order valence-electron chi connectivity index (χ1n) is 8.79. The van der Waals surface area contributed by atoms with Crippen molar-refractivity contribution in [3.63, 3.8) is 0 Å². The maximum atomic E-state index is 4.19. The van der Waals surface area contributed by atoms with Gasteiger partial charge in [-0.05, 0) is 36.8 Å². The second kappa shape index (κ2) is 9.79. The van der Waals surface area contributed by atoms with Crippen LogP contribution in [0.25, 0.3) is 0 Å². The number of anilines is 2. The largest absolute Gasteiger partial charge is 0.360 e. The molecule has 0 amide bonds. The molecule has 0 saturated heterocycles. The van der Waals surface area contributed by atoms with E-state index in [1.807, 2.05) is 0 Å². The number of aryl methyl sites for hydroxylation is 2. The zero-order valence-corrected chi connectivity index (χ0v) is 15.1. The minimum Gasteiger partial charge on any atom is -0.360 e. The van der Waals surface area contributed by atoms with E-state index >= 15 is 0 Å². The third-order valence-corrected chi connectivity index (χ3v) is 4.79. The fraction of sp³-hybridized carbons (Fsp3) is 0.300. The number of aromatic nitrogens is 2.